The van der Waals surface area contributed by atoms with Gasteiger partial charge in [-0.05, 0) is 12.1 Å². The fraction of sp³-hybridized carbons (Fsp3) is 0.111. The Labute approximate surface area is 83.7 Å². The first-order chi connectivity index (χ1) is 7.24. The molecule has 0 saturated heterocycles. The number of benzene rings is 1. The molecule has 0 radical (unpaired) electrons. The molecule has 15 heavy (non-hydrogen) atoms. The molecule has 0 spiro atoms. The van der Waals surface area contributed by atoms with Gasteiger partial charge in [0.05, 0.1) is 16.5 Å². The van der Waals surface area contributed by atoms with Crippen LogP contribution >= 0.6 is 0 Å². The van der Waals surface area contributed by atoms with Gasteiger partial charge in [0.15, 0.2) is 0 Å². The van der Waals surface area contributed by atoms with Crippen molar-refractivity contribution in [3.63, 3.8) is 0 Å². The molecule has 0 amide bonds. The van der Waals surface area contributed by atoms with Crippen molar-refractivity contribution in [2.75, 3.05) is 7.05 Å². The second kappa shape index (κ2) is 3.49. The molecule has 0 unspecified atom stereocenters. The summed E-state index contributed by atoms with van der Waals surface area (Å²) in [5, 5.41) is 12.4. The summed E-state index contributed by atoms with van der Waals surface area (Å²) < 4.78 is 0. The van der Waals surface area contributed by atoms with Crippen LogP contribution in [0.1, 0.15) is 0 Å². The predicted molar refractivity (Wildman–Crippen MR) is 55.6 cm³/mol. The molecule has 6 heteroatoms. The number of hydrogen-bond acceptors (Lipinski definition) is 4. The summed E-state index contributed by atoms with van der Waals surface area (Å²) in [6.07, 6.45) is 0. The summed E-state index contributed by atoms with van der Waals surface area (Å²) in [5.41, 5.74) is -0.340. The van der Waals surface area contributed by atoms with E-state index in [1.807, 2.05) is 0 Å². The molecule has 0 atom stereocenters. The van der Waals surface area contributed by atoms with E-state index in [0.717, 1.165) is 0 Å². The largest absolute Gasteiger partial charge is 0.272 e. The standard InChI is InChI=1S/C9H8N4O2/c1-10-11-6-4-2-3-5-7(6)9(15)13-12-8(5)14/h2-4H,1H3,(H,12,14)(H,13,15)/b11-10+. The Bertz CT molecular complexity index is 638. The van der Waals surface area contributed by atoms with Gasteiger partial charge in [0, 0.05) is 7.05 Å². The van der Waals surface area contributed by atoms with Crippen LogP contribution in [0, 0.1) is 0 Å². The van der Waals surface area contributed by atoms with Gasteiger partial charge in [0.2, 0.25) is 0 Å². The summed E-state index contributed by atoms with van der Waals surface area (Å²) in [5.74, 6) is 0. The molecule has 2 aromatic rings. The highest BCUT2D eigenvalue weighted by molar-refractivity contribution is 5.90. The van der Waals surface area contributed by atoms with Crippen LogP contribution in [-0.4, -0.2) is 17.2 Å². The third kappa shape index (κ3) is 1.45. The summed E-state index contributed by atoms with van der Waals surface area (Å²) >= 11 is 0. The molecule has 1 aromatic carbocycles. The summed E-state index contributed by atoms with van der Waals surface area (Å²) in [6.45, 7) is 0. The first-order valence-electron chi connectivity index (χ1n) is 4.27. The Morgan fingerprint density at radius 2 is 1.87 bits per heavy atom. The molecule has 0 fully saturated rings. The van der Waals surface area contributed by atoms with Crippen LogP contribution < -0.4 is 11.1 Å². The molecule has 0 bridgehead atoms. The number of fused-ring (bicyclic) bond motifs is 1. The fourth-order valence-electron chi connectivity index (χ4n) is 1.40. The second-order valence-electron chi connectivity index (χ2n) is 2.91. The number of nitrogens with zero attached hydrogens (tertiary/aromatic N) is 2. The van der Waals surface area contributed by atoms with Gasteiger partial charge >= 0.3 is 0 Å². The Balaban J connectivity index is 3.03. The van der Waals surface area contributed by atoms with Crippen molar-refractivity contribution in [1.82, 2.24) is 10.2 Å². The summed E-state index contributed by atoms with van der Waals surface area (Å²) in [4.78, 5) is 22.9. The van der Waals surface area contributed by atoms with E-state index in [1.54, 1.807) is 18.2 Å². The lowest BCUT2D eigenvalue weighted by molar-refractivity contribution is 0.975. The highest BCUT2D eigenvalue weighted by Gasteiger charge is 2.06. The van der Waals surface area contributed by atoms with E-state index in [4.69, 9.17) is 0 Å². The number of nitrogens with one attached hydrogen (secondary N) is 2. The predicted octanol–water partition coefficient (Wildman–Crippen LogP) is 0.930. The molecule has 6 nitrogen and oxygen atoms in total. The van der Waals surface area contributed by atoms with E-state index in [2.05, 4.69) is 20.4 Å². The average molecular weight is 204 g/mol. The molecule has 0 aliphatic rings. The van der Waals surface area contributed by atoms with E-state index in [1.165, 1.54) is 7.05 Å². The minimum Gasteiger partial charge on any atom is -0.267 e. The van der Waals surface area contributed by atoms with E-state index in [0.29, 0.717) is 11.1 Å². The van der Waals surface area contributed by atoms with Crippen molar-refractivity contribution in [3.05, 3.63) is 38.9 Å². The number of hydrogen-bond donors (Lipinski definition) is 2. The van der Waals surface area contributed by atoms with Gasteiger partial charge < -0.3 is 0 Å². The van der Waals surface area contributed by atoms with Crippen molar-refractivity contribution in [3.8, 4) is 0 Å². The van der Waals surface area contributed by atoms with Crippen molar-refractivity contribution in [2.45, 2.75) is 0 Å². The third-order valence-electron chi connectivity index (χ3n) is 2.01. The molecule has 2 N–H and O–H groups in total. The lowest BCUT2D eigenvalue weighted by Gasteiger charge is -1.97. The SMILES string of the molecule is C/N=N/c1cccc2c(=O)[nH][nH]c(=O)c12. The second-order valence-corrected chi connectivity index (χ2v) is 2.91. The third-order valence-corrected chi connectivity index (χ3v) is 2.01. The Morgan fingerprint density at radius 1 is 1.13 bits per heavy atom. The number of rotatable bonds is 1. The minimum atomic E-state index is -0.382. The van der Waals surface area contributed by atoms with Crippen molar-refractivity contribution >= 4 is 16.5 Å². The smallest absolute Gasteiger partial charge is 0.267 e. The maximum Gasteiger partial charge on any atom is 0.272 e. The van der Waals surface area contributed by atoms with Crippen molar-refractivity contribution in [2.24, 2.45) is 10.2 Å². The van der Waals surface area contributed by atoms with Gasteiger partial charge in [-0.3, -0.25) is 19.8 Å². The highest BCUT2D eigenvalue weighted by Crippen LogP contribution is 2.19. The summed E-state index contributed by atoms with van der Waals surface area (Å²) in [6, 6.07) is 4.85. The molecule has 1 heterocycles. The van der Waals surface area contributed by atoms with Gasteiger partial charge in [0.1, 0.15) is 0 Å². The van der Waals surface area contributed by atoms with Crippen LogP contribution in [0.2, 0.25) is 0 Å². The van der Waals surface area contributed by atoms with E-state index >= 15 is 0 Å². The van der Waals surface area contributed by atoms with Crippen molar-refractivity contribution < 1.29 is 0 Å². The van der Waals surface area contributed by atoms with Crippen LogP contribution in [0.4, 0.5) is 5.69 Å². The van der Waals surface area contributed by atoms with Crippen LogP contribution in [0.25, 0.3) is 10.8 Å². The quantitative estimate of drug-likeness (QED) is 0.676. The molecule has 0 aliphatic carbocycles. The van der Waals surface area contributed by atoms with E-state index in [-0.39, 0.29) is 16.5 Å². The van der Waals surface area contributed by atoms with Gasteiger partial charge in [0.25, 0.3) is 11.1 Å². The first kappa shape index (κ1) is 9.32. The van der Waals surface area contributed by atoms with E-state index < -0.39 is 0 Å². The molecular weight excluding hydrogens is 196 g/mol. The van der Waals surface area contributed by atoms with Gasteiger partial charge in [-0.1, -0.05) is 6.07 Å². The normalized spacial score (nSPS) is 11.3. The maximum atomic E-state index is 11.5. The fourth-order valence-corrected chi connectivity index (χ4v) is 1.40. The van der Waals surface area contributed by atoms with Crippen molar-refractivity contribution in [1.29, 1.82) is 0 Å². The zero-order chi connectivity index (χ0) is 10.8. The number of aromatic amines is 2. The Kier molecular flexibility index (Phi) is 2.17. The first-order valence-corrected chi connectivity index (χ1v) is 4.27. The maximum absolute atomic E-state index is 11.5. The van der Waals surface area contributed by atoms with Crippen LogP contribution in [0.15, 0.2) is 38.0 Å². The number of azo groups is 1. The number of H-pyrrole nitrogens is 2. The molecule has 0 saturated carbocycles. The van der Waals surface area contributed by atoms with Gasteiger partial charge in [-0.2, -0.15) is 10.2 Å². The molecule has 2 rings (SSSR count). The zero-order valence-electron chi connectivity index (χ0n) is 7.94. The highest BCUT2D eigenvalue weighted by atomic mass is 16.1. The topological polar surface area (TPSA) is 90.4 Å². The minimum absolute atomic E-state index is 0.256. The number of aromatic nitrogens is 2. The van der Waals surface area contributed by atoms with Crippen LogP contribution in [0.5, 0.6) is 0 Å². The van der Waals surface area contributed by atoms with Gasteiger partial charge in [-0.25, -0.2) is 0 Å². The summed E-state index contributed by atoms with van der Waals surface area (Å²) in [7, 11) is 1.50. The average Bonchev–Trinajstić information content (AvgIpc) is 2.24. The molecular formula is C9H8N4O2. The Morgan fingerprint density at radius 3 is 2.60 bits per heavy atom. The lowest BCUT2D eigenvalue weighted by Crippen LogP contribution is -2.18. The van der Waals surface area contributed by atoms with Gasteiger partial charge in [-0.15, -0.1) is 0 Å². The molecule has 76 valence electrons. The van der Waals surface area contributed by atoms with E-state index in [9.17, 15) is 9.59 Å². The molecule has 1 aromatic heterocycles. The van der Waals surface area contributed by atoms with Crippen LogP contribution in [-0.2, 0) is 0 Å². The monoisotopic (exact) mass is 204 g/mol. The zero-order valence-corrected chi connectivity index (χ0v) is 7.94. The Hall–Kier alpha value is -2.24. The van der Waals surface area contributed by atoms with Crippen LogP contribution in [0.3, 0.4) is 0 Å². The molecule has 0 aliphatic heterocycles. The lowest BCUT2D eigenvalue weighted by atomic mass is 10.1.